The second-order valence-electron chi connectivity index (χ2n) is 13.8. The molecule has 2 heterocycles. The molecule has 11 nitrogen and oxygen atoms in total. The second kappa shape index (κ2) is 16.8. The molecule has 0 radical (unpaired) electrons. The first-order valence-corrected chi connectivity index (χ1v) is 18.5. The van der Waals surface area contributed by atoms with Gasteiger partial charge in [0.2, 0.25) is 0 Å². The molecule has 11 heteroatoms. The summed E-state index contributed by atoms with van der Waals surface area (Å²) in [5.41, 5.74) is 3.46. The van der Waals surface area contributed by atoms with Crippen LogP contribution in [0.15, 0.2) is 152 Å². The number of nitrogens with zero attached hydrogens (tertiary/aromatic N) is 4. The quantitative estimate of drug-likeness (QED) is 0.0884. The summed E-state index contributed by atoms with van der Waals surface area (Å²) < 4.78 is 1.71. The average molecular weight is 747 g/mol. The minimum Gasteiger partial charge on any atom is -0.395 e. The summed E-state index contributed by atoms with van der Waals surface area (Å²) in [6.45, 7) is 2.36. The molecule has 3 amide bonds. The number of aliphatic hydroxyl groups is 2. The number of aryl methyl sites for hydroxylation is 1. The zero-order valence-electron chi connectivity index (χ0n) is 30.8. The van der Waals surface area contributed by atoms with Crippen LogP contribution >= 0.6 is 0 Å². The molecule has 0 spiro atoms. The Morgan fingerprint density at radius 2 is 1.39 bits per heavy atom. The van der Waals surface area contributed by atoms with E-state index in [1.54, 1.807) is 95.4 Å². The van der Waals surface area contributed by atoms with Crippen LogP contribution in [0.1, 0.15) is 62.4 Å². The molecule has 3 atom stereocenters. The van der Waals surface area contributed by atoms with E-state index in [9.17, 15) is 24.6 Å². The number of anilines is 3. The number of allylic oxidation sites excluding steroid dienone is 1. The van der Waals surface area contributed by atoms with Crippen LogP contribution in [0.3, 0.4) is 0 Å². The van der Waals surface area contributed by atoms with Crippen molar-refractivity contribution >= 4 is 34.8 Å². The number of nitrogens with one attached hydrogen (secondary N) is 2. The summed E-state index contributed by atoms with van der Waals surface area (Å²) >= 11 is 0. The van der Waals surface area contributed by atoms with Gasteiger partial charge in [-0.15, -0.1) is 5.10 Å². The molecule has 4 N–H and O–H groups in total. The van der Waals surface area contributed by atoms with E-state index in [1.165, 1.54) is 0 Å². The van der Waals surface area contributed by atoms with E-state index in [2.05, 4.69) is 20.9 Å². The molecule has 0 aliphatic carbocycles. The summed E-state index contributed by atoms with van der Waals surface area (Å²) in [7, 11) is 0. The van der Waals surface area contributed by atoms with Gasteiger partial charge in [0.05, 0.1) is 30.5 Å². The van der Waals surface area contributed by atoms with Crippen molar-refractivity contribution in [2.24, 2.45) is 5.92 Å². The van der Waals surface area contributed by atoms with Crippen molar-refractivity contribution in [1.82, 2.24) is 15.0 Å². The van der Waals surface area contributed by atoms with E-state index in [-0.39, 0.29) is 30.9 Å². The van der Waals surface area contributed by atoms with Gasteiger partial charge < -0.3 is 25.7 Å². The Bertz CT molecular complexity index is 2330. The minimum atomic E-state index is -1.94. The Hall–Kier alpha value is -6.69. The van der Waals surface area contributed by atoms with E-state index in [0.29, 0.717) is 52.4 Å². The second-order valence-corrected chi connectivity index (χ2v) is 13.8. The van der Waals surface area contributed by atoms with E-state index in [0.717, 1.165) is 11.1 Å². The van der Waals surface area contributed by atoms with Crippen molar-refractivity contribution in [2.75, 3.05) is 22.1 Å². The maximum absolute atomic E-state index is 14.4. The number of benzene rings is 5. The third-order valence-corrected chi connectivity index (χ3v) is 10.1. The number of fused-ring (bicyclic) bond motifs is 1. The number of hydrogen-bond acceptors (Lipinski definition) is 7. The highest BCUT2D eigenvalue weighted by atomic mass is 16.3. The molecule has 0 fully saturated rings. The summed E-state index contributed by atoms with van der Waals surface area (Å²) in [4.78, 5) is 41.7. The van der Waals surface area contributed by atoms with Gasteiger partial charge >= 0.3 is 0 Å². The lowest BCUT2D eigenvalue weighted by Gasteiger charge is -2.28. The summed E-state index contributed by atoms with van der Waals surface area (Å²) in [5, 5.41) is 36.8. The first-order chi connectivity index (χ1) is 27.2. The number of carbonyl (C=O) groups excluding carboxylic acids is 3. The Kier molecular flexibility index (Phi) is 11.3. The van der Waals surface area contributed by atoms with Crippen LogP contribution in [-0.4, -0.2) is 49.5 Å². The molecule has 1 aliphatic heterocycles. The van der Waals surface area contributed by atoms with Crippen LogP contribution in [0.5, 0.6) is 0 Å². The fourth-order valence-corrected chi connectivity index (χ4v) is 6.93. The first kappa shape index (κ1) is 37.6. The zero-order chi connectivity index (χ0) is 39.1. The molecule has 0 saturated heterocycles. The van der Waals surface area contributed by atoms with Gasteiger partial charge in [-0.3, -0.25) is 19.1 Å². The summed E-state index contributed by atoms with van der Waals surface area (Å²) in [6.07, 6.45) is 6.10. The molecule has 7 rings (SSSR count). The van der Waals surface area contributed by atoms with Crippen LogP contribution < -0.4 is 15.5 Å². The molecule has 1 aromatic heterocycles. The number of aromatic nitrogens is 3. The number of rotatable bonds is 14. The van der Waals surface area contributed by atoms with Gasteiger partial charge in [-0.1, -0.05) is 103 Å². The third-order valence-electron chi connectivity index (χ3n) is 10.1. The molecule has 1 aliphatic rings. The van der Waals surface area contributed by atoms with Gasteiger partial charge in [-0.2, -0.15) is 0 Å². The Morgan fingerprint density at radius 3 is 2.02 bits per heavy atom. The Morgan fingerprint density at radius 1 is 0.804 bits per heavy atom. The van der Waals surface area contributed by atoms with Crippen molar-refractivity contribution < 1.29 is 24.6 Å². The first-order valence-electron chi connectivity index (χ1n) is 18.5. The lowest BCUT2D eigenvalue weighted by molar-refractivity contribution is -0.139. The van der Waals surface area contributed by atoms with Crippen LogP contribution in [0, 0.1) is 5.92 Å². The summed E-state index contributed by atoms with van der Waals surface area (Å²) in [5.74, 6) is -1.97. The maximum Gasteiger partial charge on any atom is 0.264 e. The standard InChI is InChI=1S/C45H42N6O5/c1-31(13-11-12-26-50-29-40(48-49-50)38(30-52)33-14-5-2-6-15-33)45(56)39-27-37(47-43(54)35-18-9-4-10-19-35)24-25-41(39)51(44(45)55)28-32-20-22-36(23-21-32)46-42(53)34-16-7-3-8-17-34/h2-11,13-25,27,29,31,38,52,56H,12,26,28,30H2,1H3,(H,46,53)(H,47,54)/b13-11+/t31-,38?,45+/m0/s1. The van der Waals surface area contributed by atoms with Crippen molar-refractivity contribution in [3.63, 3.8) is 0 Å². The van der Waals surface area contributed by atoms with E-state index in [4.69, 9.17) is 0 Å². The van der Waals surface area contributed by atoms with Crippen LogP contribution in [-0.2, 0) is 23.5 Å². The fraction of sp³-hybridized carbons (Fsp3) is 0.178. The molecule has 0 saturated carbocycles. The average Bonchev–Trinajstić information content (AvgIpc) is 3.78. The lowest BCUT2D eigenvalue weighted by atomic mass is 9.82. The monoisotopic (exact) mass is 746 g/mol. The highest BCUT2D eigenvalue weighted by Crippen LogP contribution is 2.47. The largest absolute Gasteiger partial charge is 0.395 e. The van der Waals surface area contributed by atoms with E-state index in [1.807, 2.05) is 72.9 Å². The van der Waals surface area contributed by atoms with Gasteiger partial charge in [0.1, 0.15) is 0 Å². The topological polar surface area (TPSA) is 150 Å². The van der Waals surface area contributed by atoms with Crippen LogP contribution in [0.25, 0.3) is 0 Å². The Labute approximate surface area is 324 Å². The van der Waals surface area contributed by atoms with Crippen LogP contribution in [0.2, 0.25) is 0 Å². The summed E-state index contributed by atoms with van der Waals surface area (Å²) in [6, 6.07) is 39.8. The Balaban J connectivity index is 1.09. The molecule has 1 unspecified atom stereocenters. The zero-order valence-corrected chi connectivity index (χ0v) is 30.8. The van der Waals surface area contributed by atoms with E-state index < -0.39 is 17.4 Å². The highest BCUT2D eigenvalue weighted by Gasteiger charge is 2.52. The third kappa shape index (κ3) is 8.04. The van der Waals surface area contributed by atoms with Crippen molar-refractivity contribution in [1.29, 1.82) is 0 Å². The normalized spacial score (nSPS) is 16.1. The van der Waals surface area contributed by atoms with Gasteiger partial charge in [0.25, 0.3) is 17.7 Å². The molecular weight excluding hydrogens is 705 g/mol. The molecule has 56 heavy (non-hydrogen) atoms. The SMILES string of the molecule is C[C@@H](/C=C/CCn1cc(C(CO)c2ccccc2)nn1)[C@]1(O)C(=O)N(Cc2ccc(NC(=O)c3ccccc3)cc2)c2ccc(NC(=O)c3ccccc3)cc21. The van der Waals surface area contributed by atoms with Crippen LogP contribution in [0.4, 0.5) is 17.1 Å². The molecule has 6 aromatic rings. The van der Waals surface area contributed by atoms with Gasteiger partial charge in [0.15, 0.2) is 5.60 Å². The lowest BCUT2D eigenvalue weighted by Crippen LogP contribution is -2.44. The van der Waals surface area contributed by atoms with Gasteiger partial charge in [0, 0.05) is 46.7 Å². The van der Waals surface area contributed by atoms with Crippen molar-refractivity contribution in [3.8, 4) is 0 Å². The van der Waals surface area contributed by atoms with Gasteiger partial charge in [-0.05, 0) is 72.1 Å². The predicted molar refractivity (Wildman–Crippen MR) is 215 cm³/mol. The smallest absolute Gasteiger partial charge is 0.264 e. The highest BCUT2D eigenvalue weighted by molar-refractivity contribution is 6.09. The maximum atomic E-state index is 14.4. The molecule has 5 aromatic carbocycles. The fourth-order valence-electron chi connectivity index (χ4n) is 6.93. The number of hydrogen-bond donors (Lipinski definition) is 4. The van der Waals surface area contributed by atoms with Crippen molar-refractivity contribution in [2.45, 2.75) is 38.0 Å². The number of carbonyl (C=O) groups is 3. The molecule has 282 valence electrons. The predicted octanol–water partition coefficient (Wildman–Crippen LogP) is 6.92. The number of amides is 3. The minimum absolute atomic E-state index is 0.0961. The molecular formula is C45H42N6O5. The van der Waals surface area contributed by atoms with Crippen molar-refractivity contribution in [3.05, 3.63) is 185 Å². The number of aliphatic hydroxyl groups excluding tert-OH is 1. The van der Waals surface area contributed by atoms with Gasteiger partial charge in [-0.25, -0.2) is 0 Å². The van der Waals surface area contributed by atoms with E-state index >= 15 is 0 Å². The molecule has 0 bridgehead atoms.